The first-order valence-electron chi connectivity index (χ1n) is 5.93. The van der Waals surface area contributed by atoms with E-state index in [1.807, 2.05) is 0 Å². The summed E-state index contributed by atoms with van der Waals surface area (Å²) in [4.78, 5) is 13.9. The number of carbonyl (C=O) groups excluding carboxylic acids is 1. The third-order valence-corrected chi connectivity index (χ3v) is 3.32. The van der Waals surface area contributed by atoms with Crippen LogP contribution in [0.25, 0.3) is 11.0 Å². The second kappa shape index (κ2) is 3.90. The molecule has 1 amide bonds. The first-order chi connectivity index (χ1) is 8.70. The van der Waals surface area contributed by atoms with Gasteiger partial charge in [-0.15, -0.1) is 0 Å². The number of likely N-dealkylation sites (tertiary alicyclic amines) is 1. The number of rotatable bonds is 1. The summed E-state index contributed by atoms with van der Waals surface area (Å²) < 4.78 is 1.49. The number of fused-ring (bicyclic) bond motifs is 1. The van der Waals surface area contributed by atoms with Crippen LogP contribution in [0.4, 0.5) is 0 Å². The van der Waals surface area contributed by atoms with Crippen molar-refractivity contribution in [2.75, 3.05) is 13.1 Å². The monoisotopic (exact) mass is 248 g/mol. The lowest BCUT2D eigenvalue weighted by atomic mass is 10.3. The van der Waals surface area contributed by atoms with Crippen molar-refractivity contribution in [3.63, 3.8) is 0 Å². The highest BCUT2D eigenvalue weighted by molar-refractivity contribution is 5.92. The number of hydrogen-bond donors (Lipinski definition) is 2. The molecular formula is C12H14N3O3+. The molecule has 2 N–H and O–H groups in total. The lowest BCUT2D eigenvalue weighted by Crippen LogP contribution is -2.43. The number of carbonyl (C=O) groups is 1. The third kappa shape index (κ3) is 1.42. The maximum absolute atomic E-state index is 12.2. The van der Waals surface area contributed by atoms with Gasteiger partial charge in [0.2, 0.25) is 11.0 Å². The molecule has 18 heavy (non-hydrogen) atoms. The fourth-order valence-electron chi connectivity index (χ4n) is 2.38. The van der Waals surface area contributed by atoms with Crippen LogP contribution in [0.5, 0.6) is 0 Å². The van der Waals surface area contributed by atoms with Gasteiger partial charge in [-0.25, -0.2) is 0 Å². The number of imidazole rings is 1. The van der Waals surface area contributed by atoms with Crippen LogP contribution < -0.4 is 4.73 Å². The fourth-order valence-corrected chi connectivity index (χ4v) is 2.38. The Morgan fingerprint density at radius 3 is 2.56 bits per heavy atom. The molecule has 94 valence electrons. The van der Waals surface area contributed by atoms with Gasteiger partial charge in [0.15, 0.2) is 0 Å². The summed E-state index contributed by atoms with van der Waals surface area (Å²) in [7, 11) is 0. The largest absolute Gasteiger partial charge is 0.426 e. The summed E-state index contributed by atoms with van der Waals surface area (Å²) in [5.41, 5.74) is 0.810. The second-order valence-corrected chi connectivity index (χ2v) is 4.44. The maximum Gasteiger partial charge on any atom is 0.426 e. The molecule has 2 heterocycles. The summed E-state index contributed by atoms with van der Waals surface area (Å²) in [6, 6.07) is 6.75. The van der Waals surface area contributed by atoms with Crippen LogP contribution in [0, 0.1) is 0 Å². The van der Waals surface area contributed by atoms with Gasteiger partial charge in [0.1, 0.15) is 0 Å². The smallest absolute Gasteiger partial charge is 0.349 e. The van der Waals surface area contributed by atoms with Gasteiger partial charge in [0.05, 0.1) is 0 Å². The number of nitrogens with zero attached hydrogens (tertiary/aromatic N) is 3. The quantitative estimate of drug-likeness (QED) is 0.574. The van der Waals surface area contributed by atoms with E-state index in [2.05, 4.69) is 0 Å². The molecule has 1 aliphatic heterocycles. The van der Waals surface area contributed by atoms with E-state index in [4.69, 9.17) is 0 Å². The van der Waals surface area contributed by atoms with Gasteiger partial charge in [-0.05, 0) is 34.4 Å². The molecule has 0 bridgehead atoms. The normalized spacial score (nSPS) is 15.4. The summed E-state index contributed by atoms with van der Waals surface area (Å²) in [6.07, 6.45) is 1.92. The zero-order valence-corrected chi connectivity index (χ0v) is 9.78. The van der Waals surface area contributed by atoms with E-state index >= 15 is 0 Å². The number of aromatic nitrogens is 2. The Morgan fingerprint density at radius 1 is 1.22 bits per heavy atom. The summed E-state index contributed by atoms with van der Waals surface area (Å²) in [5.74, 6) is -0.480. The van der Waals surface area contributed by atoms with Crippen LogP contribution >= 0.6 is 0 Å². The standard InChI is InChI=1S/C12H14N3O3/c16-12(13-7-3-4-8-13)11-14(17)9-5-1-2-6-10(9)15(11)18/h1-2,5-6,17-18H,3-4,7-8H2/q+1. The molecular weight excluding hydrogens is 234 g/mol. The molecule has 1 aliphatic rings. The SMILES string of the molecule is O=C(c1n(O)c2ccccc2[n+]1O)N1CCCC1. The van der Waals surface area contributed by atoms with Gasteiger partial charge in [-0.3, -0.25) is 4.79 Å². The predicted molar refractivity (Wildman–Crippen MR) is 61.6 cm³/mol. The summed E-state index contributed by atoms with van der Waals surface area (Å²) >= 11 is 0. The highest BCUT2D eigenvalue weighted by Gasteiger charge is 2.36. The molecule has 1 aromatic carbocycles. The Morgan fingerprint density at radius 2 is 1.89 bits per heavy atom. The van der Waals surface area contributed by atoms with Gasteiger partial charge in [-0.1, -0.05) is 12.1 Å². The van der Waals surface area contributed by atoms with Crippen molar-refractivity contribution in [1.29, 1.82) is 0 Å². The van der Waals surface area contributed by atoms with E-state index in [0.29, 0.717) is 24.1 Å². The first-order valence-corrected chi connectivity index (χ1v) is 5.93. The molecule has 6 nitrogen and oxygen atoms in total. The summed E-state index contributed by atoms with van der Waals surface area (Å²) in [5, 5.41) is 20.0. The minimum atomic E-state index is -0.353. The predicted octanol–water partition coefficient (Wildman–Crippen LogP) is 0.639. The topological polar surface area (TPSA) is 69.6 Å². The molecule has 1 aromatic heterocycles. The van der Waals surface area contributed by atoms with Crippen molar-refractivity contribution in [2.24, 2.45) is 0 Å². The maximum atomic E-state index is 12.2. The van der Waals surface area contributed by atoms with Crippen molar-refractivity contribution in [1.82, 2.24) is 9.63 Å². The van der Waals surface area contributed by atoms with E-state index in [1.54, 1.807) is 29.2 Å². The van der Waals surface area contributed by atoms with Gasteiger partial charge in [0.25, 0.3) is 0 Å². The Kier molecular flexibility index (Phi) is 2.36. The van der Waals surface area contributed by atoms with E-state index in [-0.39, 0.29) is 11.7 Å². The van der Waals surface area contributed by atoms with Crippen LogP contribution in [0.1, 0.15) is 23.5 Å². The number of para-hydroxylation sites is 2. The lowest BCUT2D eigenvalue weighted by Gasteiger charge is -2.11. The first kappa shape index (κ1) is 10.9. The zero-order valence-electron chi connectivity index (χ0n) is 9.78. The molecule has 0 atom stereocenters. The molecule has 0 saturated carbocycles. The molecule has 0 spiro atoms. The minimum absolute atomic E-state index is 0.127. The molecule has 2 aromatic rings. The minimum Gasteiger partial charge on any atom is -0.349 e. The van der Waals surface area contributed by atoms with Gasteiger partial charge in [-0.2, -0.15) is 0 Å². The van der Waals surface area contributed by atoms with Crippen LogP contribution in [0.15, 0.2) is 24.3 Å². The zero-order chi connectivity index (χ0) is 12.7. The Labute approximate surface area is 103 Å². The van der Waals surface area contributed by atoms with Crippen molar-refractivity contribution in [2.45, 2.75) is 12.8 Å². The third-order valence-electron chi connectivity index (χ3n) is 3.32. The molecule has 1 fully saturated rings. The van der Waals surface area contributed by atoms with Crippen LogP contribution in [0.2, 0.25) is 0 Å². The van der Waals surface area contributed by atoms with Crippen LogP contribution in [-0.4, -0.2) is 39.0 Å². The highest BCUT2D eigenvalue weighted by Crippen LogP contribution is 2.15. The molecule has 0 unspecified atom stereocenters. The van der Waals surface area contributed by atoms with Crippen molar-refractivity contribution < 1.29 is 19.9 Å². The van der Waals surface area contributed by atoms with Crippen molar-refractivity contribution in [3.05, 3.63) is 30.1 Å². The average Bonchev–Trinajstić information content (AvgIpc) is 2.99. The molecule has 1 saturated heterocycles. The molecule has 0 radical (unpaired) electrons. The number of hydrogen-bond acceptors (Lipinski definition) is 3. The number of benzene rings is 1. The van der Waals surface area contributed by atoms with Crippen LogP contribution in [-0.2, 0) is 0 Å². The Balaban J connectivity index is 2.14. The molecule has 6 heteroatoms. The Hall–Kier alpha value is -2.24. The molecule has 0 aliphatic carbocycles. The number of amides is 1. The van der Waals surface area contributed by atoms with Gasteiger partial charge in [0, 0.05) is 13.1 Å². The van der Waals surface area contributed by atoms with E-state index in [9.17, 15) is 15.2 Å². The molecule has 3 rings (SSSR count). The van der Waals surface area contributed by atoms with Crippen LogP contribution in [0.3, 0.4) is 0 Å². The second-order valence-electron chi connectivity index (χ2n) is 4.44. The highest BCUT2D eigenvalue weighted by atomic mass is 16.5. The fraction of sp³-hybridized carbons (Fsp3) is 0.333. The van der Waals surface area contributed by atoms with Gasteiger partial charge >= 0.3 is 11.7 Å². The Bertz CT molecular complexity index is 575. The van der Waals surface area contributed by atoms with E-state index in [1.165, 1.54) is 0 Å². The van der Waals surface area contributed by atoms with Crippen molar-refractivity contribution in [3.8, 4) is 0 Å². The summed E-state index contributed by atoms with van der Waals surface area (Å²) in [6.45, 7) is 1.33. The van der Waals surface area contributed by atoms with E-state index in [0.717, 1.165) is 22.3 Å². The lowest BCUT2D eigenvalue weighted by molar-refractivity contribution is -0.887. The van der Waals surface area contributed by atoms with Gasteiger partial charge < -0.3 is 15.3 Å². The van der Waals surface area contributed by atoms with E-state index < -0.39 is 0 Å². The van der Waals surface area contributed by atoms with Crippen molar-refractivity contribution >= 4 is 16.9 Å². The average molecular weight is 248 g/mol.